The van der Waals surface area contributed by atoms with Crippen molar-refractivity contribution < 1.29 is 0 Å². The first kappa shape index (κ1) is 37.5. The van der Waals surface area contributed by atoms with Gasteiger partial charge in [0.2, 0.25) is 0 Å². The molecule has 6 unspecified atom stereocenters. The smallest absolute Gasteiger partial charge is 0.0246 e. The molecule has 6 aliphatic carbocycles. The van der Waals surface area contributed by atoms with Crippen molar-refractivity contribution >= 4 is 0 Å². The summed E-state index contributed by atoms with van der Waals surface area (Å²) in [6.45, 7) is 38.9. The molecule has 0 aromatic rings. The van der Waals surface area contributed by atoms with Crippen LogP contribution in [0.2, 0.25) is 0 Å². The molecule has 0 nitrogen and oxygen atoms in total. The molecule has 0 aromatic heterocycles. The molecular weight excluding hydrogens is 516 g/mol. The molecule has 6 aliphatic rings. The highest BCUT2D eigenvalue weighted by molar-refractivity contribution is 5.09. The van der Waals surface area contributed by atoms with Crippen LogP contribution in [0.25, 0.3) is 0 Å². The summed E-state index contributed by atoms with van der Waals surface area (Å²) in [4.78, 5) is 0. The summed E-state index contributed by atoms with van der Waals surface area (Å²) >= 11 is 0. The average Bonchev–Trinajstić information content (AvgIpc) is 3.47. The quantitative estimate of drug-likeness (QED) is 0.281. The zero-order chi connectivity index (χ0) is 32.8. The molecule has 6 saturated carbocycles. The van der Waals surface area contributed by atoms with Gasteiger partial charge in [-0.2, -0.15) is 0 Å². The van der Waals surface area contributed by atoms with Crippen LogP contribution in [0.4, 0.5) is 0 Å². The van der Waals surface area contributed by atoms with E-state index in [4.69, 9.17) is 0 Å². The first-order valence-electron chi connectivity index (χ1n) is 19.6. The Kier molecular flexibility index (Phi) is 11.9. The van der Waals surface area contributed by atoms with Gasteiger partial charge in [-0.25, -0.2) is 0 Å². The molecule has 0 saturated heterocycles. The maximum Gasteiger partial charge on any atom is -0.0246 e. The van der Waals surface area contributed by atoms with Crippen LogP contribution >= 0.6 is 0 Å². The minimum atomic E-state index is 0.622. The average molecular weight is 599 g/mol. The van der Waals surface area contributed by atoms with Crippen molar-refractivity contribution in [1.29, 1.82) is 0 Å². The highest BCUT2D eigenvalue weighted by Gasteiger charge is 2.59. The molecule has 0 N–H and O–H groups in total. The summed E-state index contributed by atoms with van der Waals surface area (Å²) in [5.41, 5.74) is 3.25. The Hall–Kier alpha value is 0. The second kappa shape index (κ2) is 13.6. The molecule has 0 heterocycles. The fraction of sp³-hybridized carbons (Fsp3) is 1.00. The Morgan fingerprint density at radius 1 is 0.558 bits per heavy atom. The van der Waals surface area contributed by atoms with Crippen molar-refractivity contribution in [3.63, 3.8) is 0 Å². The lowest BCUT2D eigenvalue weighted by atomic mass is 9.65. The standard InChI is InChI=1S/2C11H20.C11H22.C10H20/c1-8-10(2,3)9-5-6-11(8,4)7-9;1-8-7-9-5-6-11(8,4)10(9,2)3;1-8(2)11-6-5-9(3)7-10(11)4;1-8-5-9(2)7-10(3,4)6-8/h2*8-9H,5-7H2,1-4H3;8-11H,5-7H2,1-4H3;8-9H,5-7H2,1-4H3/t2*8-,9?,11?;9?,10-,11?;8-,9+/m111./s1. The van der Waals surface area contributed by atoms with Crippen molar-refractivity contribution in [3.05, 3.63) is 0 Å². The van der Waals surface area contributed by atoms with E-state index in [1.807, 2.05) is 0 Å². The Balaban J connectivity index is 0.000000157. The molecule has 0 aliphatic heterocycles. The fourth-order valence-electron chi connectivity index (χ4n) is 12.7. The van der Waals surface area contributed by atoms with E-state index < -0.39 is 0 Å². The van der Waals surface area contributed by atoms with Gasteiger partial charge in [0.25, 0.3) is 0 Å². The zero-order valence-corrected chi connectivity index (χ0v) is 32.8. The third-order valence-corrected chi connectivity index (χ3v) is 16.2. The SMILES string of the molecule is CC1CCC(C(C)C)[C@H](C)C1.C[C@@H]1CC2CCC1(C)C2(C)C.C[C@@H]1C[C@H](C)CC(C)(C)C1.C[C@H]1C2(C)CCC(C2)C1(C)C. The van der Waals surface area contributed by atoms with Crippen molar-refractivity contribution in [2.75, 3.05) is 0 Å². The number of rotatable bonds is 1. The molecule has 43 heavy (non-hydrogen) atoms. The van der Waals surface area contributed by atoms with E-state index in [-0.39, 0.29) is 0 Å². The van der Waals surface area contributed by atoms with Crippen molar-refractivity contribution in [2.45, 2.75) is 188 Å². The number of hydrogen-bond acceptors (Lipinski definition) is 0. The van der Waals surface area contributed by atoms with Gasteiger partial charge in [-0.15, -0.1) is 0 Å². The van der Waals surface area contributed by atoms with Crippen molar-refractivity contribution in [2.24, 2.45) is 86.3 Å². The highest BCUT2D eigenvalue weighted by atomic mass is 14.6. The van der Waals surface area contributed by atoms with E-state index in [1.54, 1.807) is 0 Å². The summed E-state index contributed by atoms with van der Waals surface area (Å²) in [6.07, 6.45) is 17.6. The van der Waals surface area contributed by atoms with Gasteiger partial charge in [0.05, 0.1) is 0 Å². The molecule has 0 radical (unpaired) electrons. The Morgan fingerprint density at radius 2 is 1.12 bits per heavy atom. The van der Waals surface area contributed by atoms with Crippen molar-refractivity contribution in [1.82, 2.24) is 0 Å². The van der Waals surface area contributed by atoms with E-state index in [0.29, 0.717) is 27.1 Å². The molecule has 6 rings (SSSR count). The minimum Gasteiger partial charge on any atom is -0.0625 e. The van der Waals surface area contributed by atoms with Gasteiger partial charge in [-0.1, -0.05) is 117 Å². The molecule has 0 spiro atoms. The predicted molar refractivity (Wildman–Crippen MR) is 193 cm³/mol. The second-order valence-corrected chi connectivity index (χ2v) is 21.0. The topological polar surface area (TPSA) is 0 Å². The van der Waals surface area contributed by atoms with Crippen LogP contribution in [0, 0.1) is 86.3 Å². The van der Waals surface area contributed by atoms with Crippen molar-refractivity contribution in [3.8, 4) is 0 Å². The molecule has 0 heteroatoms. The number of fused-ring (bicyclic) bond motifs is 4. The predicted octanol–water partition coefficient (Wildman–Crippen LogP) is 14.1. The lowest BCUT2D eigenvalue weighted by Gasteiger charge is -2.40. The van der Waals surface area contributed by atoms with Crippen LogP contribution in [0.5, 0.6) is 0 Å². The van der Waals surface area contributed by atoms with Crippen LogP contribution in [0.1, 0.15) is 188 Å². The van der Waals surface area contributed by atoms with Gasteiger partial charge >= 0.3 is 0 Å². The van der Waals surface area contributed by atoms with E-state index in [0.717, 1.165) is 59.2 Å². The normalized spacial score (nSPS) is 46.7. The van der Waals surface area contributed by atoms with E-state index in [9.17, 15) is 0 Å². The molecular formula is C43H82. The minimum absolute atomic E-state index is 0.622. The molecule has 6 fully saturated rings. The monoisotopic (exact) mass is 599 g/mol. The van der Waals surface area contributed by atoms with Gasteiger partial charge in [-0.3, -0.25) is 0 Å². The highest BCUT2D eigenvalue weighted by Crippen LogP contribution is 2.68. The first-order valence-corrected chi connectivity index (χ1v) is 19.6. The summed E-state index contributed by atoms with van der Waals surface area (Å²) in [6, 6.07) is 0. The molecule has 4 bridgehead atoms. The molecule has 254 valence electrons. The van der Waals surface area contributed by atoms with Crippen LogP contribution < -0.4 is 0 Å². The van der Waals surface area contributed by atoms with E-state index in [2.05, 4.69) is 111 Å². The van der Waals surface area contributed by atoms with Crippen LogP contribution in [-0.4, -0.2) is 0 Å². The van der Waals surface area contributed by atoms with Gasteiger partial charge in [-0.05, 0) is 157 Å². The summed E-state index contributed by atoms with van der Waals surface area (Å²) in [7, 11) is 0. The van der Waals surface area contributed by atoms with Crippen LogP contribution in [-0.2, 0) is 0 Å². The van der Waals surface area contributed by atoms with Gasteiger partial charge in [0.15, 0.2) is 0 Å². The van der Waals surface area contributed by atoms with Gasteiger partial charge in [0, 0.05) is 0 Å². The Bertz CT molecular complexity index is 858. The summed E-state index contributed by atoms with van der Waals surface area (Å²) < 4.78 is 0. The van der Waals surface area contributed by atoms with Gasteiger partial charge in [0.1, 0.15) is 0 Å². The zero-order valence-electron chi connectivity index (χ0n) is 32.8. The molecule has 11 atom stereocenters. The Morgan fingerprint density at radius 3 is 1.42 bits per heavy atom. The molecule has 0 amide bonds. The summed E-state index contributed by atoms with van der Waals surface area (Å²) in [5.74, 6) is 9.75. The second-order valence-electron chi connectivity index (χ2n) is 21.0. The van der Waals surface area contributed by atoms with Gasteiger partial charge < -0.3 is 0 Å². The van der Waals surface area contributed by atoms with Crippen LogP contribution in [0.15, 0.2) is 0 Å². The first-order chi connectivity index (χ1) is 19.6. The third-order valence-electron chi connectivity index (χ3n) is 16.2. The molecule has 0 aromatic carbocycles. The Labute approximate surface area is 273 Å². The maximum atomic E-state index is 2.50. The third kappa shape index (κ3) is 8.11. The van der Waals surface area contributed by atoms with E-state index in [1.165, 1.54) is 77.0 Å². The lowest BCUT2D eigenvalue weighted by molar-refractivity contribution is 0.0903. The van der Waals surface area contributed by atoms with Crippen LogP contribution in [0.3, 0.4) is 0 Å². The summed E-state index contributed by atoms with van der Waals surface area (Å²) in [5, 5.41) is 0. The van der Waals surface area contributed by atoms with E-state index >= 15 is 0 Å². The fourth-order valence-corrected chi connectivity index (χ4v) is 12.7. The number of hydrogen-bond donors (Lipinski definition) is 0. The largest absolute Gasteiger partial charge is 0.0625 e. The lowest BCUT2D eigenvalue weighted by Crippen LogP contribution is -2.32. The maximum absolute atomic E-state index is 2.50.